The van der Waals surface area contributed by atoms with Gasteiger partial charge in [-0.2, -0.15) is 0 Å². The Balaban J connectivity index is 1.53. The van der Waals surface area contributed by atoms with Crippen LogP contribution in [0.5, 0.6) is 0 Å². The lowest BCUT2D eigenvalue weighted by atomic mass is 10.1. The number of hydrogen-bond acceptors (Lipinski definition) is 5. The zero-order chi connectivity index (χ0) is 25.5. The van der Waals surface area contributed by atoms with Gasteiger partial charge in [-0.3, -0.25) is 4.72 Å². The summed E-state index contributed by atoms with van der Waals surface area (Å²) in [6.45, 7) is 4.04. The standard InChI is InChI=1S/C26H31N5O3S2/c1-3-5-15-35(32)30-21-11-7-19(8-12-21)24-17-23-25(27-18-28-26(23)29-24)20-9-13-22(14-10-20)31-36(33,34)16-6-4-2/h7-14,17-18,30-31H,3-6,15-16H2,1-2H3,(H,27,28,29). The van der Waals surface area contributed by atoms with E-state index >= 15 is 0 Å². The van der Waals surface area contributed by atoms with Gasteiger partial charge in [0.25, 0.3) is 0 Å². The van der Waals surface area contributed by atoms with Gasteiger partial charge in [0.15, 0.2) is 0 Å². The molecule has 1 unspecified atom stereocenters. The zero-order valence-corrected chi connectivity index (χ0v) is 22.1. The molecule has 0 aliphatic carbocycles. The summed E-state index contributed by atoms with van der Waals surface area (Å²) in [5.41, 5.74) is 5.54. The number of unbranched alkanes of at least 4 members (excludes halogenated alkanes) is 2. The van der Waals surface area contributed by atoms with Crippen LogP contribution < -0.4 is 9.44 Å². The second kappa shape index (κ2) is 11.7. The summed E-state index contributed by atoms with van der Waals surface area (Å²) in [4.78, 5) is 12.2. The number of rotatable bonds is 12. The van der Waals surface area contributed by atoms with Gasteiger partial charge in [0.2, 0.25) is 10.0 Å². The Morgan fingerprint density at radius 1 is 0.889 bits per heavy atom. The van der Waals surface area contributed by atoms with Crippen LogP contribution >= 0.6 is 0 Å². The highest BCUT2D eigenvalue weighted by Crippen LogP contribution is 2.31. The van der Waals surface area contributed by atoms with Crippen molar-refractivity contribution in [2.75, 3.05) is 20.9 Å². The van der Waals surface area contributed by atoms with Crippen molar-refractivity contribution in [2.24, 2.45) is 0 Å². The molecule has 36 heavy (non-hydrogen) atoms. The minimum Gasteiger partial charge on any atom is -0.339 e. The fourth-order valence-electron chi connectivity index (χ4n) is 3.76. The van der Waals surface area contributed by atoms with Gasteiger partial charge in [-0.1, -0.05) is 51.0 Å². The predicted octanol–water partition coefficient (Wildman–Crippen LogP) is 5.71. The van der Waals surface area contributed by atoms with E-state index in [1.807, 2.05) is 49.4 Å². The Labute approximate surface area is 214 Å². The Hall–Kier alpha value is -3.24. The molecule has 0 amide bonds. The molecular weight excluding hydrogens is 494 g/mol. The zero-order valence-electron chi connectivity index (χ0n) is 20.5. The van der Waals surface area contributed by atoms with Gasteiger partial charge in [0, 0.05) is 33.8 Å². The van der Waals surface area contributed by atoms with Crippen LogP contribution in [0, 0.1) is 0 Å². The molecule has 2 heterocycles. The second-order valence-electron chi connectivity index (χ2n) is 8.60. The Kier molecular flexibility index (Phi) is 8.37. The SMILES string of the molecule is CCCCS(=O)Nc1ccc(-c2cc3c(-c4ccc(NS(=O)(=O)CCCC)cc4)ncnc3[nH]2)cc1. The lowest BCUT2D eigenvalue weighted by molar-refractivity contribution is 0.598. The predicted molar refractivity (Wildman–Crippen MR) is 149 cm³/mol. The monoisotopic (exact) mass is 525 g/mol. The minimum absolute atomic E-state index is 0.109. The summed E-state index contributed by atoms with van der Waals surface area (Å²) in [5, 5.41) is 0.867. The number of hydrogen-bond donors (Lipinski definition) is 3. The van der Waals surface area contributed by atoms with Crippen LogP contribution in [0.1, 0.15) is 39.5 Å². The van der Waals surface area contributed by atoms with Gasteiger partial charge >= 0.3 is 0 Å². The maximum atomic E-state index is 12.2. The number of nitrogens with one attached hydrogen (secondary N) is 3. The van der Waals surface area contributed by atoms with Crippen molar-refractivity contribution in [3.05, 3.63) is 60.9 Å². The fraction of sp³-hybridized carbons (Fsp3) is 0.308. The quantitative estimate of drug-likeness (QED) is 0.219. The number of aromatic nitrogens is 3. The first-order valence-electron chi connectivity index (χ1n) is 12.1. The van der Waals surface area contributed by atoms with Crippen molar-refractivity contribution >= 4 is 43.4 Å². The molecular formula is C26H31N5O3S2. The molecule has 4 rings (SSSR count). The van der Waals surface area contributed by atoms with Crippen molar-refractivity contribution in [2.45, 2.75) is 39.5 Å². The molecule has 190 valence electrons. The molecule has 0 spiro atoms. The molecule has 0 aliphatic rings. The molecule has 10 heteroatoms. The highest BCUT2D eigenvalue weighted by Gasteiger charge is 2.13. The summed E-state index contributed by atoms with van der Waals surface area (Å²) in [6.07, 6.45) is 4.90. The lowest BCUT2D eigenvalue weighted by Gasteiger charge is -2.08. The van der Waals surface area contributed by atoms with E-state index in [4.69, 9.17) is 0 Å². The average molecular weight is 526 g/mol. The van der Waals surface area contributed by atoms with Gasteiger partial charge in [0.05, 0.1) is 11.4 Å². The molecule has 0 saturated carbocycles. The number of sulfonamides is 1. The number of anilines is 2. The summed E-state index contributed by atoms with van der Waals surface area (Å²) in [5.74, 6) is 0.741. The first-order chi connectivity index (χ1) is 17.4. The van der Waals surface area contributed by atoms with Gasteiger partial charge in [-0.15, -0.1) is 0 Å². The Bertz CT molecular complexity index is 1430. The summed E-state index contributed by atoms with van der Waals surface area (Å²) in [7, 11) is -4.43. The second-order valence-corrected chi connectivity index (χ2v) is 11.7. The van der Waals surface area contributed by atoms with Gasteiger partial charge in [-0.25, -0.2) is 22.6 Å². The van der Waals surface area contributed by atoms with Crippen LogP contribution in [0.4, 0.5) is 11.4 Å². The maximum absolute atomic E-state index is 12.2. The third-order valence-corrected chi connectivity index (χ3v) is 8.23. The first-order valence-corrected chi connectivity index (χ1v) is 15.1. The number of aromatic amines is 1. The van der Waals surface area contributed by atoms with E-state index in [9.17, 15) is 12.6 Å². The minimum atomic E-state index is -3.35. The summed E-state index contributed by atoms with van der Waals surface area (Å²) in [6, 6.07) is 17.0. The largest absolute Gasteiger partial charge is 0.339 e. The molecule has 2 aromatic carbocycles. The first kappa shape index (κ1) is 25.8. The molecule has 0 aliphatic heterocycles. The molecule has 4 aromatic rings. The van der Waals surface area contributed by atoms with Crippen molar-refractivity contribution in [1.29, 1.82) is 0 Å². The van der Waals surface area contributed by atoms with Crippen LogP contribution in [0.15, 0.2) is 60.9 Å². The van der Waals surface area contributed by atoms with Crippen molar-refractivity contribution in [1.82, 2.24) is 15.0 Å². The van der Waals surface area contributed by atoms with Crippen LogP contribution in [-0.4, -0.2) is 39.1 Å². The molecule has 2 aromatic heterocycles. The van der Waals surface area contributed by atoms with Crippen molar-refractivity contribution in [3.63, 3.8) is 0 Å². The van der Waals surface area contributed by atoms with Crippen LogP contribution in [0.2, 0.25) is 0 Å². The normalized spacial score (nSPS) is 12.5. The van der Waals surface area contributed by atoms with Gasteiger partial charge in [-0.05, 0) is 48.7 Å². The van der Waals surface area contributed by atoms with E-state index in [0.717, 1.165) is 52.9 Å². The Morgan fingerprint density at radius 3 is 2.25 bits per heavy atom. The number of fused-ring (bicyclic) bond motifs is 1. The third-order valence-electron chi connectivity index (χ3n) is 5.73. The molecule has 8 nitrogen and oxygen atoms in total. The molecule has 0 radical (unpaired) electrons. The average Bonchev–Trinajstić information content (AvgIpc) is 3.32. The van der Waals surface area contributed by atoms with E-state index in [1.165, 1.54) is 6.33 Å². The summed E-state index contributed by atoms with van der Waals surface area (Å²) < 4.78 is 42.1. The van der Waals surface area contributed by atoms with Crippen LogP contribution in [0.3, 0.4) is 0 Å². The molecule has 1 atom stereocenters. The van der Waals surface area contributed by atoms with E-state index in [1.54, 1.807) is 12.1 Å². The van der Waals surface area contributed by atoms with Crippen LogP contribution in [-0.2, 0) is 21.0 Å². The lowest BCUT2D eigenvalue weighted by Crippen LogP contribution is -2.16. The van der Waals surface area contributed by atoms with E-state index in [2.05, 4.69) is 31.3 Å². The van der Waals surface area contributed by atoms with Crippen molar-refractivity contribution in [3.8, 4) is 22.5 Å². The van der Waals surface area contributed by atoms with Crippen LogP contribution in [0.25, 0.3) is 33.5 Å². The van der Waals surface area contributed by atoms with Crippen molar-refractivity contribution < 1.29 is 12.6 Å². The molecule has 0 fully saturated rings. The highest BCUT2D eigenvalue weighted by molar-refractivity contribution is 7.92. The fourth-order valence-corrected chi connectivity index (χ4v) is 6.08. The van der Waals surface area contributed by atoms with Gasteiger partial charge < -0.3 is 9.71 Å². The number of nitrogens with zero attached hydrogens (tertiary/aromatic N) is 2. The van der Waals surface area contributed by atoms with E-state index < -0.39 is 21.0 Å². The molecule has 0 bridgehead atoms. The third kappa shape index (κ3) is 6.50. The molecule has 0 saturated heterocycles. The van der Waals surface area contributed by atoms with Gasteiger partial charge in [0.1, 0.15) is 23.0 Å². The van der Waals surface area contributed by atoms with E-state index in [-0.39, 0.29) is 5.75 Å². The maximum Gasteiger partial charge on any atom is 0.232 e. The smallest absolute Gasteiger partial charge is 0.232 e. The molecule has 3 N–H and O–H groups in total. The highest BCUT2D eigenvalue weighted by atomic mass is 32.2. The number of benzene rings is 2. The van der Waals surface area contributed by atoms with E-state index in [0.29, 0.717) is 23.5 Å². The topological polar surface area (TPSA) is 117 Å². The Morgan fingerprint density at radius 2 is 1.56 bits per heavy atom. The number of H-pyrrole nitrogens is 1. The summed E-state index contributed by atoms with van der Waals surface area (Å²) >= 11 is 0.